The molecule has 0 fully saturated rings. The molecule has 0 spiro atoms. The molecule has 0 bridgehead atoms. The Morgan fingerprint density at radius 3 is 2.94 bits per heavy atom. The number of nitrogens with two attached hydrogens (primary N) is 1. The molecule has 0 saturated heterocycles. The van der Waals surface area contributed by atoms with Gasteiger partial charge in [-0.1, -0.05) is 6.92 Å². The number of nitrogens with one attached hydrogen (secondary N) is 1. The molecule has 2 aromatic rings. The molecule has 2 rings (SSSR count). The number of aryl methyl sites for hydroxylation is 2. The van der Waals surface area contributed by atoms with E-state index < -0.39 is 0 Å². The zero-order valence-electron chi connectivity index (χ0n) is 10.6. The number of hydrazine groups is 1. The van der Waals surface area contributed by atoms with E-state index >= 15 is 0 Å². The lowest BCUT2D eigenvalue weighted by molar-refractivity contribution is 0.503. The van der Waals surface area contributed by atoms with Crippen molar-refractivity contribution in [2.24, 2.45) is 5.84 Å². The maximum absolute atomic E-state index is 5.63. The number of hydrogen-bond acceptors (Lipinski definition) is 6. The SMILES string of the molecule is CCCn1ncnc1CC(NN)c1cnc(C)s1. The van der Waals surface area contributed by atoms with Crippen LogP contribution in [0, 0.1) is 6.92 Å². The summed E-state index contributed by atoms with van der Waals surface area (Å²) in [5.74, 6) is 6.58. The lowest BCUT2D eigenvalue weighted by Gasteiger charge is -2.13. The number of hydrogen-bond donors (Lipinski definition) is 2. The van der Waals surface area contributed by atoms with Gasteiger partial charge in [-0.05, 0) is 13.3 Å². The van der Waals surface area contributed by atoms with Gasteiger partial charge in [0.15, 0.2) is 0 Å². The second-order valence-electron chi connectivity index (χ2n) is 4.10. The predicted octanol–water partition coefficient (Wildman–Crippen LogP) is 1.20. The summed E-state index contributed by atoms with van der Waals surface area (Å²) in [4.78, 5) is 9.67. The van der Waals surface area contributed by atoms with E-state index in [2.05, 4.69) is 27.4 Å². The first-order valence-electron chi connectivity index (χ1n) is 5.99. The molecule has 3 N–H and O–H groups in total. The van der Waals surface area contributed by atoms with Crippen molar-refractivity contribution in [3.63, 3.8) is 0 Å². The smallest absolute Gasteiger partial charge is 0.138 e. The standard InChI is InChI=1S/C11H18N6S/c1-3-4-17-11(14-7-15-17)5-9(16-12)10-6-13-8(2)18-10/h6-7,9,16H,3-5,12H2,1-2H3. The molecule has 98 valence electrons. The Morgan fingerprint density at radius 2 is 2.33 bits per heavy atom. The van der Waals surface area contributed by atoms with Gasteiger partial charge in [0.05, 0.1) is 11.0 Å². The molecule has 0 aromatic carbocycles. The van der Waals surface area contributed by atoms with Crippen LogP contribution in [-0.4, -0.2) is 19.7 Å². The normalized spacial score (nSPS) is 12.8. The van der Waals surface area contributed by atoms with E-state index in [1.165, 1.54) is 0 Å². The highest BCUT2D eigenvalue weighted by Gasteiger charge is 2.16. The lowest BCUT2D eigenvalue weighted by atomic mass is 10.2. The second-order valence-corrected chi connectivity index (χ2v) is 5.37. The number of nitrogens with zero attached hydrogens (tertiary/aromatic N) is 4. The molecule has 0 aliphatic carbocycles. The minimum Gasteiger partial charge on any atom is -0.271 e. The van der Waals surface area contributed by atoms with Crippen LogP contribution < -0.4 is 11.3 Å². The molecule has 6 nitrogen and oxygen atoms in total. The highest BCUT2D eigenvalue weighted by atomic mass is 32.1. The van der Waals surface area contributed by atoms with Crippen LogP contribution in [0.5, 0.6) is 0 Å². The summed E-state index contributed by atoms with van der Waals surface area (Å²) in [7, 11) is 0. The summed E-state index contributed by atoms with van der Waals surface area (Å²) in [6.07, 6.45) is 5.22. The van der Waals surface area contributed by atoms with E-state index in [-0.39, 0.29) is 6.04 Å². The largest absolute Gasteiger partial charge is 0.271 e. The van der Waals surface area contributed by atoms with E-state index in [1.807, 2.05) is 17.8 Å². The Hall–Kier alpha value is -1.31. The Labute approximate surface area is 110 Å². The van der Waals surface area contributed by atoms with Crippen molar-refractivity contribution in [3.8, 4) is 0 Å². The van der Waals surface area contributed by atoms with Crippen molar-refractivity contribution in [1.29, 1.82) is 0 Å². The van der Waals surface area contributed by atoms with Crippen LogP contribution in [0.4, 0.5) is 0 Å². The van der Waals surface area contributed by atoms with Crippen molar-refractivity contribution in [1.82, 2.24) is 25.2 Å². The molecular formula is C11H18N6S. The van der Waals surface area contributed by atoms with E-state index in [9.17, 15) is 0 Å². The van der Waals surface area contributed by atoms with Gasteiger partial charge >= 0.3 is 0 Å². The van der Waals surface area contributed by atoms with Crippen LogP contribution in [0.15, 0.2) is 12.5 Å². The van der Waals surface area contributed by atoms with Gasteiger partial charge in [-0.2, -0.15) is 5.10 Å². The molecular weight excluding hydrogens is 248 g/mol. The van der Waals surface area contributed by atoms with E-state index in [1.54, 1.807) is 17.7 Å². The van der Waals surface area contributed by atoms with Crippen LogP contribution in [0.25, 0.3) is 0 Å². The third kappa shape index (κ3) is 2.92. The van der Waals surface area contributed by atoms with Gasteiger partial charge in [0.25, 0.3) is 0 Å². The fourth-order valence-electron chi connectivity index (χ4n) is 1.81. The molecule has 1 unspecified atom stereocenters. The van der Waals surface area contributed by atoms with Gasteiger partial charge in [-0.25, -0.2) is 9.97 Å². The minimum absolute atomic E-state index is 0.0380. The van der Waals surface area contributed by atoms with Gasteiger partial charge in [0, 0.05) is 24.0 Å². The van der Waals surface area contributed by atoms with Gasteiger partial charge < -0.3 is 0 Å². The Kier molecular flexibility index (Phi) is 4.40. The fourth-order valence-corrected chi connectivity index (χ4v) is 2.65. The number of thiazole rings is 1. The first-order valence-corrected chi connectivity index (χ1v) is 6.81. The average Bonchev–Trinajstić information content (AvgIpc) is 2.96. The summed E-state index contributed by atoms with van der Waals surface area (Å²) in [5.41, 5.74) is 2.83. The first kappa shape index (κ1) is 13.1. The van der Waals surface area contributed by atoms with E-state index in [0.717, 1.165) is 35.1 Å². The molecule has 0 aliphatic rings. The maximum Gasteiger partial charge on any atom is 0.138 e. The van der Waals surface area contributed by atoms with Crippen molar-refractivity contribution in [3.05, 3.63) is 28.2 Å². The molecule has 2 heterocycles. The number of aromatic nitrogens is 4. The van der Waals surface area contributed by atoms with Crippen LogP contribution >= 0.6 is 11.3 Å². The highest BCUT2D eigenvalue weighted by molar-refractivity contribution is 7.11. The topological polar surface area (TPSA) is 81.7 Å². The van der Waals surface area contributed by atoms with E-state index in [0.29, 0.717) is 0 Å². The Balaban J connectivity index is 2.12. The molecule has 2 aromatic heterocycles. The van der Waals surface area contributed by atoms with Crippen molar-refractivity contribution >= 4 is 11.3 Å². The maximum atomic E-state index is 5.63. The quantitative estimate of drug-likeness (QED) is 0.606. The van der Waals surface area contributed by atoms with Gasteiger partial charge in [0.1, 0.15) is 12.2 Å². The molecule has 0 saturated carbocycles. The zero-order chi connectivity index (χ0) is 13.0. The minimum atomic E-state index is 0.0380. The molecule has 0 aliphatic heterocycles. The van der Waals surface area contributed by atoms with Crippen LogP contribution in [-0.2, 0) is 13.0 Å². The lowest BCUT2D eigenvalue weighted by Crippen LogP contribution is -2.30. The van der Waals surface area contributed by atoms with Crippen LogP contribution in [0.2, 0.25) is 0 Å². The van der Waals surface area contributed by atoms with Crippen molar-refractivity contribution in [2.75, 3.05) is 0 Å². The highest BCUT2D eigenvalue weighted by Crippen LogP contribution is 2.22. The number of rotatable bonds is 6. The van der Waals surface area contributed by atoms with E-state index in [4.69, 9.17) is 5.84 Å². The zero-order valence-corrected chi connectivity index (χ0v) is 11.4. The molecule has 0 radical (unpaired) electrons. The Bertz CT molecular complexity index is 491. The summed E-state index contributed by atoms with van der Waals surface area (Å²) in [6.45, 7) is 4.99. The third-order valence-corrected chi connectivity index (χ3v) is 3.73. The van der Waals surface area contributed by atoms with Crippen molar-refractivity contribution < 1.29 is 0 Å². The summed E-state index contributed by atoms with van der Waals surface area (Å²) >= 11 is 1.65. The molecule has 1 atom stereocenters. The van der Waals surface area contributed by atoms with Crippen LogP contribution in [0.1, 0.15) is 35.1 Å². The molecule has 7 heteroatoms. The molecule has 0 amide bonds. The Morgan fingerprint density at radius 1 is 1.50 bits per heavy atom. The molecule has 18 heavy (non-hydrogen) atoms. The summed E-state index contributed by atoms with van der Waals surface area (Å²) in [6, 6.07) is 0.0380. The third-order valence-electron chi connectivity index (χ3n) is 2.70. The van der Waals surface area contributed by atoms with Gasteiger partial charge in [0.2, 0.25) is 0 Å². The summed E-state index contributed by atoms with van der Waals surface area (Å²) in [5, 5.41) is 5.26. The van der Waals surface area contributed by atoms with Crippen LogP contribution in [0.3, 0.4) is 0 Å². The monoisotopic (exact) mass is 266 g/mol. The summed E-state index contributed by atoms with van der Waals surface area (Å²) < 4.78 is 1.93. The first-order chi connectivity index (χ1) is 8.74. The second kappa shape index (κ2) is 6.03. The van der Waals surface area contributed by atoms with Gasteiger partial charge in [-0.3, -0.25) is 16.0 Å². The van der Waals surface area contributed by atoms with Crippen molar-refractivity contribution in [2.45, 2.75) is 39.3 Å². The predicted molar refractivity (Wildman–Crippen MR) is 70.9 cm³/mol. The average molecular weight is 266 g/mol. The van der Waals surface area contributed by atoms with Gasteiger partial charge in [-0.15, -0.1) is 11.3 Å². The fraction of sp³-hybridized carbons (Fsp3) is 0.545.